The molecule has 1 aromatic carbocycles. The lowest BCUT2D eigenvalue weighted by atomic mass is 9.95. The van der Waals surface area contributed by atoms with Crippen molar-refractivity contribution in [3.63, 3.8) is 0 Å². The Balaban J connectivity index is 0.00000261. The van der Waals surface area contributed by atoms with Crippen molar-refractivity contribution in [2.45, 2.75) is 39.2 Å². The van der Waals surface area contributed by atoms with Crippen LogP contribution >= 0.6 is 12.4 Å². The number of hydrogen-bond acceptors (Lipinski definition) is 3. The van der Waals surface area contributed by atoms with E-state index in [0.717, 1.165) is 44.6 Å². The molecular weight excluding hydrogens is 362 g/mol. The van der Waals surface area contributed by atoms with E-state index in [0.29, 0.717) is 18.9 Å². The molecular formula is C21H32ClN3O2. The van der Waals surface area contributed by atoms with E-state index in [4.69, 9.17) is 0 Å². The average molecular weight is 394 g/mol. The predicted octanol–water partition coefficient (Wildman–Crippen LogP) is 2.87. The summed E-state index contributed by atoms with van der Waals surface area (Å²) in [7, 11) is 0. The van der Waals surface area contributed by atoms with E-state index in [-0.39, 0.29) is 36.2 Å². The summed E-state index contributed by atoms with van der Waals surface area (Å²) in [6.07, 6.45) is 2.47. The zero-order valence-electron chi connectivity index (χ0n) is 16.4. The average Bonchev–Trinajstić information content (AvgIpc) is 3.08. The lowest BCUT2D eigenvalue weighted by Gasteiger charge is -2.33. The van der Waals surface area contributed by atoms with Crippen molar-refractivity contribution in [1.29, 1.82) is 0 Å². The number of hydrogen-bond donors (Lipinski definition) is 1. The largest absolute Gasteiger partial charge is 0.342 e. The third-order valence-electron chi connectivity index (χ3n) is 5.87. The number of likely N-dealkylation sites (tertiary alicyclic amines) is 2. The van der Waals surface area contributed by atoms with Gasteiger partial charge in [-0.05, 0) is 44.3 Å². The van der Waals surface area contributed by atoms with Gasteiger partial charge in [0.05, 0.1) is 12.0 Å². The third-order valence-corrected chi connectivity index (χ3v) is 5.87. The molecule has 2 saturated heterocycles. The maximum Gasteiger partial charge on any atom is 0.227 e. The minimum absolute atomic E-state index is 0. The fraction of sp³-hybridized carbons (Fsp3) is 0.619. The van der Waals surface area contributed by atoms with E-state index in [1.807, 2.05) is 47.1 Å². The molecule has 27 heavy (non-hydrogen) atoms. The first kappa shape index (κ1) is 21.7. The Bertz CT molecular complexity index is 617. The van der Waals surface area contributed by atoms with E-state index in [9.17, 15) is 9.59 Å². The second-order valence-electron chi connectivity index (χ2n) is 7.61. The van der Waals surface area contributed by atoms with Crippen LogP contribution in [0.25, 0.3) is 0 Å². The Kier molecular flexibility index (Phi) is 8.11. The molecule has 0 spiro atoms. The van der Waals surface area contributed by atoms with Crippen LogP contribution in [0.15, 0.2) is 30.3 Å². The lowest BCUT2D eigenvalue weighted by Crippen LogP contribution is -2.44. The molecule has 0 bridgehead atoms. The number of halogens is 1. The number of nitrogens with zero attached hydrogens (tertiary/aromatic N) is 2. The molecule has 2 unspecified atom stereocenters. The van der Waals surface area contributed by atoms with E-state index in [2.05, 4.69) is 12.2 Å². The van der Waals surface area contributed by atoms with Gasteiger partial charge in [-0.3, -0.25) is 9.59 Å². The highest BCUT2D eigenvalue weighted by Crippen LogP contribution is 2.30. The number of benzene rings is 1. The van der Waals surface area contributed by atoms with Crippen LogP contribution < -0.4 is 5.32 Å². The van der Waals surface area contributed by atoms with Crippen molar-refractivity contribution < 1.29 is 9.59 Å². The van der Waals surface area contributed by atoms with Gasteiger partial charge in [0.2, 0.25) is 11.8 Å². The van der Waals surface area contributed by atoms with Crippen molar-refractivity contribution in [3.8, 4) is 0 Å². The molecule has 2 fully saturated rings. The van der Waals surface area contributed by atoms with Crippen LogP contribution in [0.4, 0.5) is 0 Å². The van der Waals surface area contributed by atoms with Crippen LogP contribution in [0, 0.1) is 11.8 Å². The Labute approximate surface area is 168 Å². The highest BCUT2D eigenvalue weighted by Gasteiger charge is 2.39. The van der Waals surface area contributed by atoms with Crippen LogP contribution in [0.2, 0.25) is 0 Å². The highest BCUT2D eigenvalue weighted by molar-refractivity contribution is 5.89. The molecule has 3 rings (SSSR count). The minimum atomic E-state index is -0.182. The molecule has 5 nitrogen and oxygen atoms in total. The Morgan fingerprint density at radius 2 is 1.89 bits per heavy atom. The van der Waals surface area contributed by atoms with Crippen LogP contribution in [-0.4, -0.2) is 54.3 Å². The Morgan fingerprint density at radius 1 is 1.22 bits per heavy atom. The van der Waals surface area contributed by atoms with E-state index in [1.165, 1.54) is 0 Å². The van der Waals surface area contributed by atoms with Crippen LogP contribution in [-0.2, 0) is 9.59 Å². The van der Waals surface area contributed by atoms with Gasteiger partial charge in [0.15, 0.2) is 0 Å². The van der Waals surface area contributed by atoms with Crippen LogP contribution in [0.5, 0.6) is 0 Å². The van der Waals surface area contributed by atoms with Crippen molar-refractivity contribution in [1.82, 2.24) is 15.1 Å². The molecule has 6 heteroatoms. The summed E-state index contributed by atoms with van der Waals surface area (Å²) < 4.78 is 0. The molecule has 2 amide bonds. The van der Waals surface area contributed by atoms with Gasteiger partial charge in [0.25, 0.3) is 0 Å². The SMILES string of the molecule is CCNCC1CCN(C(=O)C2CC(=O)N(C(C)c3ccccc3)C2)CC1.Cl. The minimum Gasteiger partial charge on any atom is -0.342 e. The van der Waals surface area contributed by atoms with Gasteiger partial charge in [-0.2, -0.15) is 0 Å². The molecule has 0 radical (unpaired) electrons. The van der Waals surface area contributed by atoms with Crippen molar-refractivity contribution in [3.05, 3.63) is 35.9 Å². The summed E-state index contributed by atoms with van der Waals surface area (Å²) >= 11 is 0. The van der Waals surface area contributed by atoms with Gasteiger partial charge in [0, 0.05) is 26.1 Å². The monoisotopic (exact) mass is 393 g/mol. The first-order chi connectivity index (χ1) is 12.6. The van der Waals surface area contributed by atoms with Crippen molar-refractivity contribution in [2.75, 3.05) is 32.7 Å². The molecule has 2 aliphatic rings. The van der Waals surface area contributed by atoms with Gasteiger partial charge < -0.3 is 15.1 Å². The third kappa shape index (κ3) is 5.23. The summed E-state index contributed by atoms with van der Waals surface area (Å²) in [4.78, 5) is 29.3. The topological polar surface area (TPSA) is 52.7 Å². The standard InChI is InChI=1S/C21H31N3O2.ClH/c1-3-22-14-17-9-11-23(12-10-17)21(26)19-13-20(25)24(15-19)16(2)18-7-5-4-6-8-18;/h4-8,16-17,19,22H,3,9-15H2,1-2H3;1H. The fourth-order valence-corrected chi connectivity index (χ4v) is 4.15. The number of piperidine rings is 1. The second kappa shape index (κ2) is 10.1. The summed E-state index contributed by atoms with van der Waals surface area (Å²) in [5, 5.41) is 3.40. The molecule has 2 atom stereocenters. The number of carbonyl (C=O) groups is 2. The molecule has 2 aliphatic heterocycles. The van der Waals surface area contributed by atoms with Gasteiger partial charge in [0.1, 0.15) is 0 Å². The number of rotatable bonds is 6. The second-order valence-corrected chi connectivity index (χ2v) is 7.61. The lowest BCUT2D eigenvalue weighted by molar-refractivity contribution is -0.137. The van der Waals surface area contributed by atoms with Crippen molar-refractivity contribution >= 4 is 24.2 Å². The fourth-order valence-electron chi connectivity index (χ4n) is 4.15. The molecule has 2 heterocycles. The van der Waals surface area contributed by atoms with Crippen LogP contribution in [0.3, 0.4) is 0 Å². The normalized spacial score (nSPS) is 21.9. The van der Waals surface area contributed by atoms with Gasteiger partial charge in [-0.1, -0.05) is 37.3 Å². The maximum absolute atomic E-state index is 12.9. The molecule has 1 aromatic rings. The molecule has 0 aromatic heterocycles. The maximum atomic E-state index is 12.9. The number of nitrogens with one attached hydrogen (secondary N) is 1. The highest BCUT2D eigenvalue weighted by atomic mass is 35.5. The molecule has 1 N–H and O–H groups in total. The number of carbonyl (C=O) groups excluding carboxylic acids is 2. The van der Waals surface area contributed by atoms with Crippen LogP contribution in [0.1, 0.15) is 44.7 Å². The summed E-state index contributed by atoms with van der Waals surface area (Å²) in [6.45, 7) is 8.42. The van der Waals surface area contributed by atoms with E-state index in [1.54, 1.807) is 0 Å². The van der Waals surface area contributed by atoms with Gasteiger partial charge >= 0.3 is 0 Å². The zero-order chi connectivity index (χ0) is 18.5. The Morgan fingerprint density at radius 3 is 2.52 bits per heavy atom. The quantitative estimate of drug-likeness (QED) is 0.808. The summed E-state index contributed by atoms with van der Waals surface area (Å²) in [5.74, 6) is 0.752. The van der Waals surface area contributed by atoms with E-state index < -0.39 is 0 Å². The van der Waals surface area contributed by atoms with E-state index >= 15 is 0 Å². The summed E-state index contributed by atoms with van der Waals surface area (Å²) in [5.41, 5.74) is 1.12. The molecule has 0 saturated carbocycles. The predicted molar refractivity (Wildman–Crippen MR) is 110 cm³/mol. The van der Waals surface area contributed by atoms with Gasteiger partial charge in [-0.15, -0.1) is 12.4 Å². The Hall–Kier alpha value is -1.59. The van der Waals surface area contributed by atoms with Crippen molar-refractivity contribution in [2.24, 2.45) is 11.8 Å². The smallest absolute Gasteiger partial charge is 0.227 e. The zero-order valence-corrected chi connectivity index (χ0v) is 17.2. The first-order valence-corrected chi connectivity index (χ1v) is 9.94. The van der Waals surface area contributed by atoms with Gasteiger partial charge in [-0.25, -0.2) is 0 Å². The molecule has 0 aliphatic carbocycles. The number of amides is 2. The molecule has 150 valence electrons. The summed E-state index contributed by atoms with van der Waals surface area (Å²) in [6, 6.07) is 10.1. The first-order valence-electron chi connectivity index (χ1n) is 9.94.